The summed E-state index contributed by atoms with van der Waals surface area (Å²) in [6.45, 7) is 0.794. The Morgan fingerprint density at radius 2 is 1.88 bits per heavy atom. The van der Waals surface area contributed by atoms with Crippen molar-refractivity contribution in [3.8, 4) is 5.75 Å². The van der Waals surface area contributed by atoms with E-state index in [1.807, 2.05) is 42.5 Å². The molecule has 2 aromatic carbocycles. The van der Waals surface area contributed by atoms with Gasteiger partial charge < -0.3 is 9.47 Å². The highest BCUT2D eigenvalue weighted by atomic mass is 16.5. The Bertz CT molecular complexity index is 770. The maximum Gasteiger partial charge on any atom is 0.341 e. The van der Waals surface area contributed by atoms with Crippen LogP contribution in [0.15, 0.2) is 67.0 Å². The van der Waals surface area contributed by atoms with E-state index in [1.165, 1.54) is 18.0 Å². The summed E-state index contributed by atoms with van der Waals surface area (Å²) >= 11 is 0. The minimum absolute atomic E-state index is 0.194. The molecule has 5 heteroatoms. The fourth-order valence-corrected chi connectivity index (χ4v) is 2.25. The molecule has 0 bridgehead atoms. The van der Waals surface area contributed by atoms with Crippen molar-refractivity contribution in [3.63, 3.8) is 0 Å². The number of H-pyrrole nitrogens is 1. The highest BCUT2D eigenvalue weighted by Crippen LogP contribution is 2.15. The van der Waals surface area contributed by atoms with Gasteiger partial charge in [-0.1, -0.05) is 42.5 Å². The van der Waals surface area contributed by atoms with E-state index in [4.69, 9.17) is 9.47 Å². The molecule has 0 amide bonds. The van der Waals surface area contributed by atoms with Gasteiger partial charge in [0.15, 0.2) is 0 Å². The van der Waals surface area contributed by atoms with Crippen LogP contribution in [0.4, 0.5) is 0 Å². The number of benzene rings is 2. The van der Waals surface area contributed by atoms with Crippen LogP contribution in [0.3, 0.4) is 0 Å². The minimum Gasteiger partial charge on any atom is -0.493 e. The molecule has 1 N–H and O–H groups in total. The standard InChI is InChI=1S/C19H18N2O3/c22-19(17-12-20-21-13-17)24-14-16-7-4-8-18(11-16)23-10-9-15-5-2-1-3-6-15/h1-8,11-13H,9-10,14H2,(H,20,21). The predicted molar refractivity (Wildman–Crippen MR) is 89.8 cm³/mol. The molecule has 0 aliphatic carbocycles. The lowest BCUT2D eigenvalue weighted by Crippen LogP contribution is -2.05. The Kier molecular flexibility index (Phi) is 5.24. The van der Waals surface area contributed by atoms with Gasteiger partial charge in [-0.3, -0.25) is 5.10 Å². The number of aromatic nitrogens is 2. The monoisotopic (exact) mass is 322 g/mol. The predicted octanol–water partition coefficient (Wildman–Crippen LogP) is 3.39. The first-order valence-corrected chi connectivity index (χ1v) is 7.73. The summed E-state index contributed by atoms with van der Waals surface area (Å²) in [5, 5.41) is 6.31. The quantitative estimate of drug-likeness (QED) is 0.677. The van der Waals surface area contributed by atoms with Crippen molar-refractivity contribution < 1.29 is 14.3 Å². The highest BCUT2D eigenvalue weighted by Gasteiger charge is 2.08. The maximum absolute atomic E-state index is 11.8. The van der Waals surface area contributed by atoms with Crippen molar-refractivity contribution >= 4 is 5.97 Å². The van der Waals surface area contributed by atoms with E-state index in [-0.39, 0.29) is 6.61 Å². The van der Waals surface area contributed by atoms with Crippen LogP contribution in [0.2, 0.25) is 0 Å². The topological polar surface area (TPSA) is 64.2 Å². The first kappa shape index (κ1) is 15.8. The zero-order valence-corrected chi connectivity index (χ0v) is 13.1. The molecule has 0 aliphatic rings. The summed E-state index contributed by atoms with van der Waals surface area (Å²) in [7, 11) is 0. The fraction of sp³-hybridized carbons (Fsp3) is 0.158. The number of rotatable bonds is 7. The van der Waals surface area contributed by atoms with E-state index in [1.54, 1.807) is 0 Å². The molecule has 0 spiro atoms. The number of carbonyl (C=O) groups excluding carboxylic acids is 1. The molecule has 0 fully saturated rings. The molecule has 0 radical (unpaired) electrons. The van der Waals surface area contributed by atoms with E-state index in [0.29, 0.717) is 12.2 Å². The van der Waals surface area contributed by atoms with E-state index in [2.05, 4.69) is 22.3 Å². The molecule has 0 unspecified atom stereocenters. The summed E-state index contributed by atoms with van der Waals surface area (Å²) in [6.07, 6.45) is 3.79. The second kappa shape index (κ2) is 7.97. The van der Waals surface area contributed by atoms with Crippen molar-refractivity contribution in [1.82, 2.24) is 10.2 Å². The molecule has 122 valence electrons. The maximum atomic E-state index is 11.8. The summed E-state index contributed by atoms with van der Waals surface area (Å²) in [5.74, 6) is 0.363. The molecule has 24 heavy (non-hydrogen) atoms. The Morgan fingerprint density at radius 3 is 2.67 bits per heavy atom. The lowest BCUT2D eigenvalue weighted by atomic mass is 10.2. The first-order valence-electron chi connectivity index (χ1n) is 7.73. The van der Waals surface area contributed by atoms with E-state index in [0.717, 1.165) is 17.7 Å². The highest BCUT2D eigenvalue weighted by molar-refractivity contribution is 5.88. The number of hydrogen-bond acceptors (Lipinski definition) is 4. The molecule has 0 aliphatic heterocycles. The number of aromatic amines is 1. The van der Waals surface area contributed by atoms with E-state index >= 15 is 0 Å². The van der Waals surface area contributed by atoms with Crippen LogP contribution in [-0.2, 0) is 17.8 Å². The van der Waals surface area contributed by atoms with Gasteiger partial charge in [0.05, 0.1) is 18.4 Å². The van der Waals surface area contributed by atoms with Gasteiger partial charge in [0, 0.05) is 12.6 Å². The summed E-state index contributed by atoms with van der Waals surface area (Å²) in [4.78, 5) is 11.8. The second-order valence-electron chi connectivity index (χ2n) is 5.29. The smallest absolute Gasteiger partial charge is 0.341 e. The SMILES string of the molecule is O=C(OCc1cccc(OCCc2ccccc2)c1)c1cn[nH]c1. The van der Waals surface area contributed by atoms with Crippen LogP contribution in [-0.4, -0.2) is 22.8 Å². The van der Waals surface area contributed by atoms with Crippen LogP contribution in [0.25, 0.3) is 0 Å². The average molecular weight is 322 g/mol. The molecule has 5 nitrogen and oxygen atoms in total. The van der Waals surface area contributed by atoms with Crippen LogP contribution < -0.4 is 4.74 Å². The molecular weight excluding hydrogens is 304 g/mol. The number of carbonyl (C=O) groups is 1. The van der Waals surface area contributed by atoms with Gasteiger partial charge in [-0.25, -0.2) is 4.79 Å². The summed E-state index contributed by atoms with van der Waals surface area (Å²) in [6, 6.07) is 17.8. The van der Waals surface area contributed by atoms with Gasteiger partial charge in [0.2, 0.25) is 0 Å². The van der Waals surface area contributed by atoms with Gasteiger partial charge in [-0.05, 0) is 23.3 Å². The van der Waals surface area contributed by atoms with Gasteiger partial charge in [-0.2, -0.15) is 5.10 Å². The number of ether oxygens (including phenoxy) is 2. The van der Waals surface area contributed by atoms with Crippen molar-refractivity contribution in [1.29, 1.82) is 0 Å². The Morgan fingerprint density at radius 1 is 1.04 bits per heavy atom. The molecule has 1 aromatic heterocycles. The summed E-state index contributed by atoms with van der Waals surface area (Å²) in [5.41, 5.74) is 2.53. The lowest BCUT2D eigenvalue weighted by molar-refractivity contribution is 0.0472. The van der Waals surface area contributed by atoms with E-state index < -0.39 is 5.97 Å². The van der Waals surface area contributed by atoms with Gasteiger partial charge in [0.1, 0.15) is 12.4 Å². The van der Waals surface area contributed by atoms with Crippen LogP contribution in [0, 0.1) is 0 Å². The van der Waals surface area contributed by atoms with Crippen LogP contribution in [0.5, 0.6) is 5.75 Å². The minimum atomic E-state index is -0.404. The summed E-state index contributed by atoms with van der Waals surface area (Å²) < 4.78 is 11.0. The molecule has 0 saturated carbocycles. The third-order valence-corrected chi connectivity index (χ3v) is 3.50. The lowest BCUT2D eigenvalue weighted by Gasteiger charge is -2.08. The van der Waals surface area contributed by atoms with Crippen molar-refractivity contribution in [2.24, 2.45) is 0 Å². The van der Waals surface area contributed by atoms with Crippen molar-refractivity contribution in [3.05, 3.63) is 83.7 Å². The van der Waals surface area contributed by atoms with Crippen molar-refractivity contribution in [2.75, 3.05) is 6.61 Å². The molecule has 0 saturated heterocycles. The molecule has 0 atom stereocenters. The van der Waals surface area contributed by atoms with Crippen LogP contribution >= 0.6 is 0 Å². The number of nitrogens with zero attached hydrogens (tertiary/aromatic N) is 1. The largest absolute Gasteiger partial charge is 0.493 e. The molecule has 1 heterocycles. The van der Waals surface area contributed by atoms with Gasteiger partial charge >= 0.3 is 5.97 Å². The zero-order valence-electron chi connectivity index (χ0n) is 13.1. The van der Waals surface area contributed by atoms with Crippen molar-refractivity contribution in [2.45, 2.75) is 13.0 Å². The number of nitrogens with one attached hydrogen (secondary N) is 1. The normalized spacial score (nSPS) is 10.3. The fourth-order valence-electron chi connectivity index (χ4n) is 2.25. The van der Waals surface area contributed by atoms with Gasteiger partial charge in [-0.15, -0.1) is 0 Å². The first-order chi connectivity index (χ1) is 11.8. The number of esters is 1. The second-order valence-corrected chi connectivity index (χ2v) is 5.29. The molecule has 3 rings (SSSR count). The molecule has 3 aromatic rings. The third kappa shape index (κ3) is 4.46. The third-order valence-electron chi connectivity index (χ3n) is 3.50. The average Bonchev–Trinajstić information content (AvgIpc) is 3.16. The van der Waals surface area contributed by atoms with E-state index in [9.17, 15) is 4.79 Å². The zero-order chi connectivity index (χ0) is 16.6. The molecular formula is C19H18N2O3. The Hall–Kier alpha value is -3.08. The number of hydrogen-bond donors (Lipinski definition) is 1. The Balaban J connectivity index is 1.49. The Labute approximate surface area is 140 Å². The van der Waals surface area contributed by atoms with Gasteiger partial charge in [0.25, 0.3) is 0 Å². The van der Waals surface area contributed by atoms with Crippen LogP contribution in [0.1, 0.15) is 21.5 Å².